The molecule has 0 saturated carbocycles. The molecule has 2 aliphatic carbocycles. The van der Waals surface area contributed by atoms with Gasteiger partial charge in [0.1, 0.15) is 0 Å². The van der Waals surface area contributed by atoms with E-state index in [1.54, 1.807) is 0 Å². The molecule has 2 aromatic carbocycles. The topological polar surface area (TPSA) is 0 Å². The standard InChI is InChI=1S/2C10H17.2C7H7.Zr/c2*1-8-6-7-9(2,3)10(8,4)5;2*1-7-5-3-2-4-6-7;/h2*7H2,1-5H3;2*2-6H,1H2;/q4*-1;+4. The maximum atomic E-state index is 3.72. The van der Waals surface area contributed by atoms with E-state index in [0.29, 0.717) is 21.7 Å². The Kier molecular flexibility index (Phi) is 13.2. The van der Waals surface area contributed by atoms with Crippen molar-refractivity contribution in [1.82, 2.24) is 0 Å². The molecule has 188 valence electrons. The van der Waals surface area contributed by atoms with Crippen LogP contribution in [0.15, 0.2) is 71.8 Å². The van der Waals surface area contributed by atoms with E-state index < -0.39 is 0 Å². The molecule has 0 heterocycles. The molecule has 0 unspecified atom stereocenters. The third-order valence-electron chi connectivity index (χ3n) is 8.54. The van der Waals surface area contributed by atoms with Crippen molar-refractivity contribution in [2.45, 2.75) is 82.1 Å². The van der Waals surface area contributed by atoms with Crippen molar-refractivity contribution >= 4 is 0 Å². The van der Waals surface area contributed by atoms with Gasteiger partial charge in [-0.05, 0) is 10.8 Å². The molecule has 2 aliphatic rings. The van der Waals surface area contributed by atoms with Crippen molar-refractivity contribution in [2.24, 2.45) is 21.7 Å². The smallest absolute Gasteiger partial charge is 0.496 e. The van der Waals surface area contributed by atoms with Crippen molar-refractivity contribution in [3.8, 4) is 0 Å². The van der Waals surface area contributed by atoms with Crippen molar-refractivity contribution < 1.29 is 26.2 Å². The van der Waals surface area contributed by atoms with Gasteiger partial charge in [0.15, 0.2) is 0 Å². The van der Waals surface area contributed by atoms with Crippen molar-refractivity contribution in [3.05, 3.63) is 109 Å². The van der Waals surface area contributed by atoms with E-state index in [0.717, 1.165) is 24.0 Å². The Morgan fingerprint density at radius 1 is 0.543 bits per heavy atom. The van der Waals surface area contributed by atoms with Crippen LogP contribution in [-0.4, -0.2) is 0 Å². The van der Waals surface area contributed by atoms with Gasteiger partial charge in [0.05, 0.1) is 0 Å². The molecule has 0 bridgehead atoms. The van der Waals surface area contributed by atoms with Gasteiger partial charge in [-0.2, -0.15) is 62.1 Å². The van der Waals surface area contributed by atoms with Gasteiger partial charge in [-0.3, -0.25) is 11.1 Å². The summed E-state index contributed by atoms with van der Waals surface area (Å²) < 4.78 is 0. The minimum absolute atomic E-state index is 0. The maximum Gasteiger partial charge on any atom is 4.00 e. The van der Waals surface area contributed by atoms with Crippen LogP contribution >= 0.6 is 0 Å². The monoisotopic (exact) mass is 546 g/mol. The molecular formula is C34H48Zr. The van der Waals surface area contributed by atoms with Crippen LogP contribution in [0.2, 0.25) is 0 Å². The summed E-state index contributed by atoms with van der Waals surface area (Å²) in [6.07, 6.45) is 9.07. The van der Waals surface area contributed by atoms with Gasteiger partial charge in [0, 0.05) is 0 Å². The Balaban J connectivity index is 0.000000442. The summed E-state index contributed by atoms with van der Waals surface area (Å²) in [6.45, 7) is 30.3. The zero-order chi connectivity index (χ0) is 26.2. The quantitative estimate of drug-likeness (QED) is 0.288. The summed E-state index contributed by atoms with van der Waals surface area (Å²) in [7, 11) is 0. The average molecular weight is 548 g/mol. The van der Waals surface area contributed by atoms with E-state index in [4.69, 9.17) is 0 Å². The molecule has 0 spiro atoms. The van der Waals surface area contributed by atoms with E-state index in [9.17, 15) is 0 Å². The van der Waals surface area contributed by atoms with E-state index in [2.05, 4.69) is 95.2 Å². The zero-order valence-corrected chi connectivity index (χ0v) is 26.6. The molecule has 0 nitrogen and oxygen atoms in total. The number of hydrogen-bond acceptors (Lipinski definition) is 0. The molecule has 0 amide bonds. The summed E-state index contributed by atoms with van der Waals surface area (Å²) in [5.41, 5.74) is 6.54. The first-order valence-corrected chi connectivity index (χ1v) is 12.4. The fourth-order valence-corrected chi connectivity index (χ4v) is 3.56. The third kappa shape index (κ3) is 9.50. The predicted octanol–water partition coefficient (Wildman–Crippen LogP) is 10.1. The van der Waals surface area contributed by atoms with Crippen molar-refractivity contribution in [3.63, 3.8) is 0 Å². The Morgan fingerprint density at radius 2 is 0.800 bits per heavy atom. The molecular weight excluding hydrogens is 500 g/mol. The summed E-state index contributed by atoms with van der Waals surface area (Å²) in [5, 5.41) is 0. The van der Waals surface area contributed by atoms with E-state index in [1.165, 1.54) is 11.1 Å². The van der Waals surface area contributed by atoms with Gasteiger partial charge in [-0.1, -0.05) is 92.2 Å². The fourth-order valence-electron chi connectivity index (χ4n) is 3.56. The summed E-state index contributed by atoms with van der Waals surface area (Å²) in [5.74, 6) is 0. The molecule has 4 rings (SSSR count). The first-order valence-electron chi connectivity index (χ1n) is 12.4. The van der Waals surface area contributed by atoms with Gasteiger partial charge < -0.3 is 12.2 Å². The molecule has 2 aromatic rings. The van der Waals surface area contributed by atoms with Gasteiger partial charge in [0.2, 0.25) is 0 Å². The minimum atomic E-state index is 0. The predicted molar refractivity (Wildman–Crippen MR) is 151 cm³/mol. The summed E-state index contributed by atoms with van der Waals surface area (Å²) >= 11 is 0. The number of hydrogen-bond donors (Lipinski definition) is 0. The van der Waals surface area contributed by atoms with Crippen LogP contribution < -0.4 is 0 Å². The Hall–Kier alpha value is -1.46. The van der Waals surface area contributed by atoms with Crippen LogP contribution in [-0.2, 0) is 26.2 Å². The fraction of sp³-hybridized carbons (Fsp3) is 0.471. The van der Waals surface area contributed by atoms with Crippen LogP contribution in [0, 0.1) is 47.7 Å². The van der Waals surface area contributed by atoms with E-state index >= 15 is 0 Å². The molecule has 0 radical (unpaired) electrons. The van der Waals surface area contributed by atoms with Crippen LogP contribution in [0.4, 0.5) is 0 Å². The Bertz CT molecular complexity index is 846. The molecule has 0 atom stereocenters. The number of benzene rings is 2. The first-order chi connectivity index (χ1) is 15.5. The van der Waals surface area contributed by atoms with Gasteiger partial charge in [0.25, 0.3) is 0 Å². The Labute approximate surface area is 237 Å². The molecule has 1 heteroatoms. The summed E-state index contributed by atoms with van der Waals surface area (Å²) in [4.78, 5) is 0. The normalized spacial score (nSPS) is 19.6. The molecule has 0 fully saturated rings. The van der Waals surface area contributed by atoms with Crippen LogP contribution in [0.3, 0.4) is 0 Å². The molecule has 0 aliphatic heterocycles. The molecule has 0 aromatic heterocycles. The van der Waals surface area contributed by atoms with Gasteiger partial charge >= 0.3 is 26.2 Å². The largest absolute Gasteiger partial charge is 4.00 e. The van der Waals surface area contributed by atoms with Crippen LogP contribution in [0.25, 0.3) is 0 Å². The Morgan fingerprint density at radius 3 is 0.886 bits per heavy atom. The van der Waals surface area contributed by atoms with Crippen LogP contribution in [0.1, 0.15) is 93.2 Å². The van der Waals surface area contributed by atoms with E-state index in [-0.39, 0.29) is 26.2 Å². The van der Waals surface area contributed by atoms with E-state index in [1.807, 2.05) is 60.7 Å². The van der Waals surface area contributed by atoms with Crippen molar-refractivity contribution in [2.75, 3.05) is 0 Å². The molecule has 0 N–H and O–H groups in total. The molecule has 0 saturated heterocycles. The summed E-state index contributed by atoms with van der Waals surface area (Å²) in [6, 6.07) is 19.7. The van der Waals surface area contributed by atoms with Crippen molar-refractivity contribution in [1.29, 1.82) is 0 Å². The third-order valence-corrected chi connectivity index (χ3v) is 8.54. The molecule has 35 heavy (non-hydrogen) atoms. The average Bonchev–Trinajstić information content (AvgIpc) is 3.07. The second-order valence-electron chi connectivity index (χ2n) is 11.9. The number of allylic oxidation sites excluding steroid dienone is 4. The van der Waals surface area contributed by atoms with Crippen LogP contribution in [0.5, 0.6) is 0 Å². The van der Waals surface area contributed by atoms with Gasteiger partial charge in [-0.25, -0.2) is 0 Å². The minimum Gasteiger partial charge on any atom is -0.496 e. The first kappa shape index (κ1) is 33.5. The number of rotatable bonds is 0. The van der Waals surface area contributed by atoms with Gasteiger partial charge in [-0.15, -0.1) is 24.3 Å². The maximum absolute atomic E-state index is 3.72. The second-order valence-corrected chi connectivity index (χ2v) is 11.9. The SMILES string of the molecule is CC1=[C-]CC(C)(C)C1(C)C.CC1=[C-]CC(C)(C)C1(C)C.[CH2-]c1ccccc1.[CH2-]c1ccccc1.[Zr+4]. The second kappa shape index (κ2) is 13.7. The zero-order valence-electron chi connectivity index (χ0n) is 24.1.